The summed E-state index contributed by atoms with van der Waals surface area (Å²) < 4.78 is 44.5. The highest BCUT2D eigenvalue weighted by Gasteiger charge is 2.58. The third kappa shape index (κ3) is 5.58. The van der Waals surface area contributed by atoms with Crippen molar-refractivity contribution in [2.45, 2.75) is 76.5 Å². The van der Waals surface area contributed by atoms with Gasteiger partial charge >= 0.3 is 12.1 Å². The third-order valence-electron chi connectivity index (χ3n) is 8.01. The maximum atomic E-state index is 14.3. The number of carbonyl (C=O) groups excluding carboxylic acids is 3. The highest BCUT2D eigenvalue weighted by atomic mass is 19.1. The Labute approximate surface area is 216 Å². The Hall–Kier alpha value is -2.75. The lowest BCUT2D eigenvalue weighted by Gasteiger charge is -2.56. The fourth-order valence-corrected chi connectivity index (χ4v) is 5.96. The SMILES string of the molecule is COC(=O)CN1C(=O)C2(CCC3(CCOCC3)CC2)N(C(=O)OC(C)(C)C)C[C@H]1c1cc(F)cc(F)c1. The number of nitrogens with zero attached hydrogens (tertiary/aromatic N) is 2. The van der Waals surface area contributed by atoms with Gasteiger partial charge < -0.3 is 19.1 Å². The molecule has 0 aromatic heterocycles. The van der Waals surface area contributed by atoms with Crippen molar-refractivity contribution < 1.29 is 37.4 Å². The van der Waals surface area contributed by atoms with Gasteiger partial charge in [-0.2, -0.15) is 0 Å². The molecular formula is C27H36F2N2O6. The second-order valence-corrected chi connectivity index (χ2v) is 11.5. The fourth-order valence-electron chi connectivity index (χ4n) is 5.96. The van der Waals surface area contributed by atoms with Crippen LogP contribution < -0.4 is 0 Å². The van der Waals surface area contributed by atoms with Crippen molar-refractivity contribution in [2.24, 2.45) is 5.41 Å². The molecule has 2 heterocycles. The van der Waals surface area contributed by atoms with Crippen LogP contribution in [0.1, 0.15) is 70.9 Å². The number of rotatable bonds is 3. The largest absolute Gasteiger partial charge is 0.468 e. The molecule has 2 spiro atoms. The summed E-state index contributed by atoms with van der Waals surface area (Å²) in [5.74, 6) is -2.73. The van der Waals surface area contributed by atoms with E-state index < -0.39 is 53.3 Å². The lowest BCUT2D eigenvalue weighted by molar-refractivity contribution is -0.168. The molecule has 0 N–H and O–H groups in total. The van der Waals surface area contributed by atoms with Gasteiger partial charge in [0.1, 0.15) is 29.3 Å². The summed E-state index contributed by atoms with van der Waals surface area (Å²) in [6.07, 6.45) is 3.34. The van der Waals surface area contributed by atoms with Crippen molar-refractivity contribution in [1.82, 2.24) is 9.80 Å². The van der Waals surface area contributed by atoms with E-state index in [0.717, 1.165) is 31.0 Å². The Bertz CT molecular complexity index is 1020. The number of ether oxygens (including phenoxy) is 3. The minimum absolute atomic E-state index is 0.0408. The van der Waals surface area contributed by atoms with Gasteiger partial charge in [0.05, 0.1) is 13.2 Å². The zero-order valence-electron chi connectivity index (χ0n) is 22.0. The van der Waals surface area contributed by atoms with Crippen LogP contribution in [0.5, 0.6) is 0 Å². The Morgan fingerprint density at radius 2 is 1.62 bits per heavy atom. The van der Waals surface area contributed by atoms with Crippen molar-refractivity contribution in [3.05, 3.63) is 35.4 Å². The van der Waals surface area contributed by atoms with E-state index >= 15 is 0 Å². The van der Waals surface area contributed by atoms with E-state index in [0.29, 0.717) is 38.9 Å². The van der Waals surface area contributed by atoms with Crippen LogP contribution in [0.4, 0.5) is 13.6 Å². The average Bonchev–Trinajstić information content (AvgIpc) is 2.82. The number of halogens is 2. The van der Waals surface area contributed by atoms with Crippen LogP contribution in [0.15, 0.2) is 18.2 Å². The van der Waals surface area contributed by atoms with Gasteiger partial charge in [0.15, 0.2) is 0 Å². The normalized spacial score (nSPS) is 23.3. The standard InChI is InChI=1S/C27H36F2N2O6/c1-25(2,3)37-24(34)31-16-21(18-13-19(28)15-20(29)14-18)30(17-22(32)35-4)23(33)27(31)7-5-26(6-8-27)9-11-36-12-10-26/h13-15,21H,5-12,16-17H2,1-4H3/t21-/m0/s1. The molecule has 2 saturated heterocycles. The quantitative estimate of drug-likeness (QED) is 0.548. The second-order valence-electron chi connectivity index (χ2n) is 11.5. The van der Waals surface area contributed by atoms with Gasteiger partial charge in [-0.25, -0.2) is 13.6 Å². The number of amides is 2. The van der Waals surface area contributed by atoms with Crippen LogP contribution in [0.3, 0.4) is 0 Å². The molecule has 2 amide bonds. The summed E-state index contributed by atoms with van der Waals surface area (Å²) in [4.78, 5) is 43.0. The summed E-state index contributed by atoms with van der Waals surface area (Å²) in [6, 6.07) is 2.01. The number of piperazine rings is 1. The van der Waals surface area contributed by atoms with Gasteiger partial charge in [-0.3, -0.25) is 14.5 Å². The molecule has 8 nitrogen and oxygen atoms in total. The highest BCUT2D eigenvalue weighted by molar-refractivity contribution is 5.94. The van der Waals surface area contributed by atoms with Crippen molar-refractivity contribution >= 4 is 18.0 Å². The van der Waals surface area contributed by atoms with Crippen molar-refractivity contribution in [3.8, 4) is 0 Å². The Morgan fingerprint density at radius 1 is 1.03 bits per heavy atom. The van der Waals surface area contributed by atoms with E-state index in [-0.39, 0.29) is 17.5 Å². The molecule has 204 valence electrons. The van der Waals surface area contributed by atoms with Crippen molar-refractivity contribution in [1.29, 1.82) is 0 Å². The van der Waals surface area contributed by atoms with E-state index in [1.807, 2.05) is 0 Å². The van der Waals surface area contributed by atoms with Crippen molar-refractivity contribution in [2.75, 3.05) is 33.4 Å². The number of hydrogen-bond donors (Lipinski definition) is 0. The molecule has 3 fully saturated rings. The maximum absolute atomic E-state index is 14.3. The van der Waals surface area contributed by atoms with Crippen LogP contribution in [0, 0.1) is 17.0 Å². The number of carbonyl (C=O) groups is 3. The summed E-state index contributed by atoms with van der Waals surface area (Å²) in [7, 11) is 1.21. The average molecular weight is 523 g/mol. The molecule has 4 rings (SSSR count). The molecule has 1 saturated carbocycles. The zero-order valence-corrected chi connectivity index (χ0v) is 22.0. The lowest BCUT2D eigenvalue weighted by Crippen LogP contribution is -2.70. The second kappa shape index (κ2) is 10.2. The first-order valence-corrected chi connectivity index (χ1v) is 12.8. The molecule has 0 radical (unpaired) electrons. The monoisotopic (exact) mass is 522 g/mol. The maximum Gasteiger partial charge on any atom is 0.411 e. The first kappa shape index (κ1) is 27.3. The van der Waals surface area contributed by atoms with Gasteiger partial charge in [0, 0.05) is 25.8 Å². The van der Waals surface area contributed by atoms with Gasteiger partial charge in [-0.05, 0) is 82.4 Å². The minimum Gasteiger partial charge on any atom is -0.468 e. The summed E-state index contributed by atoms with van der Waals surface area (Å²) in [5.41, 5.74) is -1.86. The lowest BCUT2D eigenvalue weighted by atomic mass is 9.62. The molecular weight excluding hydrogens is 486 g/mol. The van der Waals surface area contributed by atoms with Gasteiger partial charge in [0.25, 0.3) is 0 Å². The van der Waals surface area contributed by atoms with Gasteiger partial charge in [-0.15, -0.1) is 0 Å². The Kier molecular flexibility index (Phi) is 7.52. The summed E-state index contributed by atoms with van der Waals surface area (Å²) >= 11 is 0. The number of methoxy groups -OCH3 is 1. The van der Waals surface area contributed by atoms with E-state index in [1.54, 1.807) is 20.8 Å². The van der Waals surface area contributed by atoms with E-state index in [4.69, 9.17) is 14.2 Å². The number of esters is 1. The Morgan fingerprint density at radius 3 is 2.16 bits per heavy atom. The van der Waals surface area contributed by atoms with Crippen LogP contribution in [-0.4, -0.2) is 72.3 Å². The molecule has 3 aliphatic rings. The predicted molar refractivity (Wildman–Crippen MR) is 129 cm³/mol. The fraction of sp³-hybridized carbons (Fsp3) is 0.667. The van der Waals surface area contributed by atoms with Crippen LogP contribution in [0.25, 0.3) is 0 Å². The van der Waals surface area contributed by atoms with Crippen LogP contribution in [0.2, 0.25) is 0 Å². The first-order chi connectivity index (χ1) is 17.4. The molecule has 1 atom stereocenters. The number of benzene rings is 1. The molecule has 2 aliphatic heterocycles. The summed E-state index contributed by atoms with van der Waals surface area (Å²) in [6.45, 7) is 6.08. The number of hydrogen-bond acceptors (Lipinski definition) is 6. The van der Waals surface area contributed by atoms with E-state index in [1.165, 1.54) is 16.9 Å². The third-order valence-corrected chi connectivity index (χ3v) is 8.01. The van der Waals surface area contributed by atoms with Gasteiger partial charge in [0.2, 0.25) is 5.91 Å². The minimum atomic E-state index is -1.23. The smallest absolute Gasteiger partial charge is 0.411 e. The molecule has 0 bridgehead atoms. The molecule has 10 heteroatoms. The zero-order chi connectivity index (χ0) is 27.0. The van der Waals surface area contributed by atoms with Crippen LogP contribution >= 0.6 is 0 Å². The van der Waals surface area contributed by atoms with E-state index in [2.05, 4.69) is 0 Å². The Balaban J connectivity index is 1.76. The van der Waals surface area contributed by atoms with Crippen LogP contribution in [-0.2, 0) is 23.8 Å². The summed E-state index contributed by atoms with van der Waals surface area (Å²) in [5, 5.41) is 0. The molecule has 37 heavy (non-hydrogen) atoms. The van der Waals surface area contributed by atoms with E-state index in [9.17, 15) is 23.2 Å². The predicted octanol–water partition coefficient (Wildman–Crippen LogP) is 4.37. The first-order valence-electron chi connectivity index (χ1n) is 12.8. The van der Waals surface area contributed by atoms with Gasteiger partial charge in [-0.1, -0.05) is 0 Å². The van der Waals surface area contributed by atoms with Crippen molar-refractivity contribution in [3.63, 3.8) is 0 Å². The molecule has 1 aliphatic carbocycles. The highest BCUT2D eigenvalue weighted by Crippen LogP contribution is 2.52. The molecule has 1 aromatic rings. The molecule has 0 unspecified atom stereocenters. The molecule has 1 aromatic carbocycles. The topological polar surface area (TPSA) is 85.4 Å².